The van der Waals surface area contributed by atoms with E-state index < -0.39 is 0 Å². The van der Waals surface area contributed by atoms with Crippen LogP contribution in [-0.2, 0) is 4.84 Å². The normalized spacial score (nSPS) is 18.4. The van der Waals surface area contributed by atoms with Crippen LogP contribution in [-0.4, -0.2) is 43.1 Å². The fourth-order valence-corrected chi connectivity index (χ4v) is 2.28. The lowest BCUT2D eigenvalue weighted by molar-refractivity contribution is -1.07. The number of quaternary nitrogens is 1. The van der Waals surface area contributed by atoms with Crippen molar-refractivity contribution >= 4 is 11.9 Å². The van der Waals surface area contributed by atoms with Crippen LogP contribution < -0.4 is 0 Å². The molecular weight excluding hydrogens is 224 g/mol. The molecule has 0 N–H and O–H groups in total. The molecule has 1 atom stereocenters. The van der Waals surface area contributed by atoms with E-state index in [0.717, 1.165) is 18.5 Å². The maximum absolute atomic E-state index is 7.78. The minimum Gasteiger partial charge on any atom is -0.202 e. The Morgan fingerprint density at radius 3 is 2.72 bits per heavy atom. The van der Waals surface area contributed by atoms with Crippen molar-refractivity contribution in [1.82, 2.24) is 0 Å². The third-order valence-electron chi connectivity index (χ3n) is 2.99. The second-order valence-electron chi connectivity index (χ2n) is 5.56. The molecule has 3 heteroatoms. The number of benzene rings is 1. The summed E-state index contributed by atoms with van der Waals surface area (Å²) < 4.78 is 10.5. The van der Waals surface area contributed by atoms with Gasteiger partial charge in [0.1, 0.15) is 18.9 Å². The van der Waals surface area contributed by atoms with Gasteiger partial charge >= 0.3 is 0 Å². The minimum absolute atomic E-state index is 0.190. The van der Waals surface area contributed by atoms with E-state index >= 15 is 0 Å². The Morgan fingerprint density at radius 2 is 2.11 bits per heavy atom. The molecule has 0 saturated heterocycles. The Bertz CT molecular complexity index is 465. The van der Waals surface area contributed by atoms with Gasteiger partial charge in [-0.1, -0.05) is 12.1 Å². The lowest BCUT2D eigenvalue weighted by Gasteiger charge is -2.25. The first kappa shape index (κ1) is 11.9. The van der Waals surface area contributed by atoms with Crippen LogP contribution in [0.5, 0.6) is 0 Å². The molecule has 0 spiro atoms. The molecule has 1 aromatic rings. The molecule has 0 radical (unpaired) electrons. The molecule has 0 fully saturated rings. The molecule has 1 aliphatic rings. The topological polar surface area (TPSA) is 12.2 Å². The summed E-state index contributed by atoms with van der Waals surface area (Å²) >= 11 is 0. The summed E-state index contributed by atoms with van der Waals surface area (Å²) in [6.45, 7) is 1.30. The van der Waals surface area contributed by atoms with Crippen molar-refractivity contribution in [3.8, 4) is 0 Å². The Morgan fingerprint density at radius 1 is 1.33 bits per heavy atom. The van der Waals surface area contributed by atoms with Crippen LogP contribution in [0.2, 0.25) is 0 Å². The highest BCUT2D eigenvalue weighted by atomic mass is 16.7. The molecule has 1 unspecified atom stereocenters. The Balaban J connectivity index is 2.32. The van der Waals surface area contributed by atoms with Crippen LogP contribution in [0.15, 0.2) is 24.3 Å². The van der Waals surface area contributed by atoms with Crippen LogP contribution in [0, 0.1) is 0 Å². The number of nitrogens with zero attached hydrogens (tertiary/aromatic N) is 2. The van der Waals surface area contributed by atoms with E-state index in [1.165, 1.54) is 12.1 Å². The third-order valence-corrected chi connectivity index (χ3v) is 2.99. The molecular formula is C15H24N2O+2. The molecule has 18 heavy (non-hydrogen) atoms. The van der Waals surface area contributed by atoms with Crippen LogP contribution in [0.25, 0.3) is 0 Å². The maximum atomic E-state index is 7.78. The average Bonchev–Trinajstić information content (AvgIpc) is 2.88. The maximum Gasteiger partial charge on any atom is 0.210 e. The highest BCUT2D eigenvalue weighted by molar-refractivity contribution is 5.56. The number of hydrogen-bond acceptors (Lipinski definition) is 1. The Hall–Kier alpha value is -1.19. The Labute approximate surface area is 111 Å². The molecule has 1 aliphatic heterocycles. The van der Waals surface area contributed by atoms with Gasteiger partial charge in [-0.25, -0.2) is 4.58 Å². The first-order valence-electron chi connectivity index (χ1n) is 7.20. The third kappa shape index (κ3) is 3.18. The largest absolute Gasteiger partial charge is 0.210 e. The lowest BCUT2D eigenvalue weighted by atomic mass is 10.1. The number of rotatable bonds is 4. The van der Waals surface area contributed by atoms with Crippen molar-refractivity contribution < 1.29 is 15.4 Å². The van der Waals surface area contributed by atoms with Crippen molar-refractivity contribution in [2.75, 3.05) is 27.7 Å². The molecule has 0 bridgehead atoms. The van der Waals surface area contributed by atoms with Gasteiger partial charge in [-0.2, -0.15) is 9.48 Å². The van der Waals surface area contributed by atoms with Crippen LogP contribution >= 0.6 is 0 Å². The van der Waals surface area contributed by atoms with E-state index in [2.05, 4.69) is 29.0 Å². The first-order valence-corrected chi connectivity index (χ1v) is 6.49. The predicted octanol–water partition coefficient (Wildman–Crippen LogP) is 2.89. The van der Waals surface area contributed by atoms with Gasteiger partial charge in [0, 0.05) is 20.3 Å². The highest BCUT2D eigenvalue weighted by Gasteiger charge is 2.25. The molecule has 0 aromatic heterocycles. The van der Waals surface area contributed by atoms with Crippen molar-refractivity contribution in [3.63, 3.8) is 0 Å². The van der Waals surface area contributed by atoms with E-state index in [4.69, 9.17) is 6.21 Å². The minimum atomic E-state index is -0.190. The summed E-state index contributed by atoms with van der Waals surface area (Å²) in [6, 6.07) is 8.28. The van der Waals surface area contributed by atoms with Gasteiger partial charge in [-0.05, 0) is 13.0 Å². The molecule has 1 heterocycles. The summed E-state index contributed by atoms with van der Waals surface area (Å²) in [5.41, 5.74) is 2.30. The second kappa shape index (κ2) is 5.21. The Kier molecular flexibility index (Phi) is 3.43. The molecule has 98 valence electrons. The summed E-state index contributed by atoms with van der Waals surface area (Å²) in [5, 5.41) is 0. The SMILES string of the molecule is [2H]CC(O[N+](C)(C)C)c1ccccc1[N+]1=CCCC1. The molecule has 2 rings (SSSR count). The van der Waals surface area contributed by atoms with Crippen LogP contribution in [0.1, 0.15) is 32.8 Å². The zero-order valence-corrected chi connectivity index (χ0v) is 11.6. The zero-order valence-electron chi connectivity index (χ0n) is 12.6. The van der Waals surface area contributed by atoms with Gasteiger partial charge in [0.05, 0.1) is 26.7 Å². The zero-order chi connectivity index (χ0) is 13.9. The van der Waals surface area contributed by atoms with Gasteiger partial charge in [-0.15, -0.1) is 0 Å². The molecule has 0 amide bonds. The van der Waals surface area contributed by atoms with E-state index in [9.17, 15) is 0 Å². The molecule has 1 aromatic carbocycles. The van der Waals surface area contributed by atoms with Gasteiger partial charge in [0.2, 0.25) is 5.69 Å². The summed E-state index contributed by atoms with van der Waals surface area (Å²) in [5.74, 6) is 0. The monoisotopic (exact) mass is 249 g/mol. The van der Waals surface area contributed by atoms with Gasteiger partial charge < -0.3 is 0 Å². The molecule has 3 nitrogen and oxygen atoms in total. The van der Waals surface area contributed by atoms with Crippen molar-refractivity contribution in [3.05, 3.63) is 29.8 Å². The predicted molar refractivity (Wildman–Crippen MR) is 74.1 cm³/mol. The van der Waals surface area contributed by atoms with E-state index in [1.54, 1.807) is 0 Å². The second-order valence-corrected chi connectivity index (χ2v) is 5.56. The fraction of sp³-hybridized carbons (Fsp3) is 0.533. The van der Waals surface area contributed by atoms with E-state index in [0.29, 0.717) is 4.65 Å². The standard InChI is InChI=1S/C15H24N2O/c1-13(18-17(2,3)4)14-9-5-6-10-15(14)16-11-7-8-12-16/h5-6,9-11,13H,7-8,12H2,1-4H3/q+2/i1D. The van der Waals surface area contributed by atoms with Gasteiger partial charge in [0.25, 0.3) is 0 Å². The average molecular weight is 249 g/mol. The van der Waals surface area contributed by atoms with Crippen molar-refractivity contribution in [1.29, 1.82) is 0 Å². The van der Waals surface area contributed by atoms with Gasteiger partial charge in [-0.3, -0.25) is 0 Å². The highest BCUT2D eigenvalue weighted by Crippen LogP contribution is 2.29. The first-order chi connectivity index (χ1) is 9.01. The number of para-hydroxylation sites is 1. The summed E-state index contributed by atoms with van der Waals surface area (Å²) in [7, 11) is 5.94. The van der Waals surface area contributed by atoms with E-state index in [-0.39, 0.29) is 13.0 Å². The molecule has 0 saturated carbocycles. The lowest BCUT2D eigenvalue weighted by Crippen LogP contribution is -2.35. The van der Waals surface area contributed by atoms with E-state index in [1.807, 2.05) is 27.2 Å². The fourth-order valence-electron chi connectivity index (χ4n) is 2.28. The molecule has 0 aliphatic carbocycles. The van der Waals surface area contributed by atoms with Crippen molar-refractivity contribution in [2.45, 2.75) is 25.8 Å². The summed E-state index contributed by atoms with van der Waals surface area (Å²) in [6.07, 6.45) is 4.39. The quantitative estimate of drug-likeness (QED) is 0.454. The van der Waals surface area contributed by atoms with Gasteiger partial charge in [0.15, 0.2) is 0 Å². The van der Waals surface area contributed by atoms with Crippen molar-refractivity contribution in [2.24, 2.45) is 0 Å². The van der Waals surface area contributed by atoms with Crippen LogP contribution in [0.4, 0.5) is 5.69 Å². The van der Waals surface area contributed by atoms with Crippen LogP contribution in [0.3, 0.4) is 0 Å². The number of hydroxylamine groups is 3. The smallest absolute Gasteiger partial charge is 0.202 e. The number of hydrogen-bond donors (Lipinski definition) is 0. The summed E-state index contributed by atoms with van der Waals surface area (Å²) in [4.78, 5) is 5.98.